The van der Waals surface area contributed by atoms with Gasteiger partial charge < -0.3 is 0 Å². The topological polar surface area (TPSA) is 0 Å². The lowest BCUT2D eigenvalue weighted by molar-refractivity contribution is 0.483. The first-order chi connectivity index (χ1) is 5.57. The summed E-state index contributed by atoms with van der Waals surface area (Å²) < 4.78 is 38.3. The molecule has 4 heteroatoms. The van der Waals surface area contributed by atoms with Crippen LogP contribution in [0.15, 0.2) is 6.07 Å². The van der Waals surface area contributed by atoms with Gasteiger partial charge in [-0.25, -0.2) is 13.2 Å². The lowest BCUT2D eigenvalue weighted by atomic mass is 10.1. The lowest BCUT2D eigenvalue weighted by Crippen LogP contribution is -1.98. The molecular formula is C8H6BrF3. The first-order valence-electron chi connectivity index (χ1n) is 3.27. The molecule has 0 nitrogen and oxygen atoms in total. The summed E-state index contributed by atoms with van der Waals surface area (Å²) in [7, 11) is 0. The maximum absolute atomic E-state index is 13.0. The van der Waals surface area contributed by atoms with E-state index in [1.807, 2.05) is 0 Å². The maximum atomic E-state index is 13.0. The highest BCUT2D eigenvalue weighted by atomic mass is 79.9. The van der Waals surface area contributed by atoms with E-state index in [0.29, 0.717) is 0 Å². The smallest absolute Gasteiger partial charge is 0.164 e. The molecule has 0 saturated carbocycles. The van der Waals surface area contributed by atoms with Crippen LogP contribution in [0.25, 0.3) is 0 Å². The summed E-state index contributed by atoms with van der Waals surface area (Å²) in [5.74, 6) is -2.81. The van der Waals surface area contributed by atoms with E-state index >= 15 is 0 Å². The summed E-state index contributed by atoms with van der Waals surface area (Å²) >= 11 is 2.97. The Hall–Kier alpha value is -0.510. The van der Waals surface area contributed by atoms with Gasteiger partial charge in [0.05, 0.1) is 0 Å². The summed E-state index contributed by atoms with van der Waals surface area (Å²) in [4.78, 5) is 0. The van der Waals surface area contributed by atoms with Crippen LogP contribution in [0.4, 0.5) is 13.2 Å². The Bertz CT molecular complexity index is 310. The van der Waals surface area contributed by atoms with Crippen molar-refractivity contribution < 1.29 is 13.2 Å². The first kappa shape index (κ1) is 9.58. The molecule has 1 aromatic rings. The van der Waals surface area contributed by atoms with Crippen molar-refractivity contribution >= 4 is 15.9 Å². The molecule has 1 rings (SSSR count). The molecule has 0 fully saturated rings. The van der Waals surface area contributed by atoms with Gasteiger partial charge in [0.2, 0.25) is 0 Å². The Morgan fingerprint density at radius 3 is 2.33 bits per heavy atom. The number of hydrogen-bond donors (Lipinski definition) is 0. The first-order valence-corrected chi connectivity index (χ1v) is 4.39. The molecule has 0 saturated heterocycles. The highest BCUT2D eigenvalue weighted by Crippen LogP contribution is 2.20. The molecule has 66 valence electrons. The maximum Gasteiger partial charge on any atom is 0.164 e. The zero-order valence-corrected chi connectivity index (χ0v) is 7.88. The SMILES string of the molecule is Cc1c(F)c(F)cc(CBr)c1F. The summed E-state index contributed by atoms with van der Waals surface area (Å²) in [5.41, 5.74) is -0.143. The normalized spacial score (nSPS) is 10.4. The number of alkyl halides is 1. The van der Waals surface area contributed by atoms with Crippen molar-refractivity contribution in [1.29, 1.82) is 0 Å². The quantitative estimate of drug-likeness (QED) is 0.521. The molecule has 0 amide bonds. The van der Waals surface area contributed by atoms with Crippen LogP contribution in [0.3, 0.4) is 0 Å². The van der Waals surface area contributed by atoms with Crippen LogP contribution >= 0.6 is 15.9 Å². The number of rotatable bonds is 1. The fraction of sp³-hybridized carbons (Fsp3) is 0.250. The minimum atomic E-state index is -1.11. The van der Waals surface area contributed by atoms with Crippen LogP contribution in [0, 0.1) is 24.4 Å². The largest absolute Gasteiger partial charge is 0.206 e. The number of halogens is 4. The standard InChI is InChI=1S/C8H6BrF3/c1-4-7(11)5(3-9)2-6(10)8(4)12/h2H,3H2,1H3. The van der Waals surface area contributed by atoms with Crippen molar-refractivity contribution in [3.05, 3.63) is 34.6 Å². The molecule has 12 heavy (non-hydrogen) atoms. The molecule has 0 aliphatic heterocycles. The molecule has 0 atom stereocenters. The highest BCUT2D eigenvalue weighted by molar-refractivity contribution is 9.08. The fourth-order valence-electron chi connectivity index (χ4n) is 0.893. The van der Waals surface area contributed by atoms with Crippen molar-refractivity contribution in [3.63, 3.8) is 0 Å². The molecule has 1 aromatic carbocycles. The average molecular weight is 239 g/mol. The van der Waals surface area contributed by atoms with Gasteiger partial charge in [0.25, 0.3) is 0 Å². The molecule has 0 N–H and O–H groups in total. The Kier molecular flexibility index (Phi) is 2.77. The second kappa shape index (κ2) is 3.47. The molecule has 0 radical (unpaired) electrons. The van der Waals surface area contributed by atoms with Gasteiger partial charge >= 0.3 is 0 Å². The Labute approximate surface area is 76.5 Å². The van der Waals surface area contributed by atoms with Crippen LogP contribution in [0.5, 0.6) is 0 Å². The molecule has 0 heterocycles. The zero-order valence-electron chi connectivity index (χ0n) is 6.30. The van der Waals surface area contributed by atoms with Crippen LogP contribution < -0.4 is 0 Å². The third-order valence-corrected chi connectivity index (χ3v) is 2.20. The van der Waals surface area contributed by atoms with Crippen molar-refractivity contribution in [2.24, 2.45) is 0 Å². The second-order valence-corrected chi connectivity index (χ2v) is 2.96. The van der Waals surface area contributed by atoms with Crippen LogP contribution in [0.2, 0.25) is 0 Å². The number of hydrogen-bond acceptors (Lipinski definition) is 0. The number of benzene rings is 1. The third kappa shape index (κ3) is 1.48. The zero-order chi connectivity index (χ0) is 9.30. The van der Waals surface area contributed by atoms with Gasteiger partial charge in [-0.2, -0.15) is 0 Å². The monoisotopic (exact) mass is 238 g/mol. The van der Waals surface area contributed by atoms with Crippen molar-refractivity contribution in [1.82, 2.24) is 0 Å². The van der Waals surface area contributed by atoms with Gasteiger partial charge in [-0.3, -0.25) is 0 Å². The van der Waals surface area contributed by atoms with E-state index in [4.69, 9.17) is 0 Å². The van der Waals surface area contributed by atoms with E-state index in [9.17, 15) is 13.2 Å². The summed E-state index contributed by atoms with van der Waals surface area (Å²) in [5, 5.41) is 0.177. The minimum Gasteiger partial charge on any atom is -0.206 e. The summed E-state index contributed by atoms with van der Waals surface area (Å²) in [6.07, 6.45) is 0. The molecule has 0 bridgehead atoms. The van der Waals surface area contributed by atoms with E-state index in [0.717, 1.165) is 6.07 Å². The van der Waals surface area contributed by atoms with Gasteiger partial charge in [-0.1, -0.05) is 15.9 Å². The second-order valence-electron chi connectivity index (χ2n) is 2.40. The van der Waals surface area contributed by atoms with E-state index in [1.54, 1.807) is 0 Å². The van der Waals surface area contributed by atoms with Gasteiger partial charge in [-0.15, -0.1) is 0 Å². The van der Waals surface area contributed by atoms with Crippen LogP contribution in [0.1, 0.15) is 11.1 Å². The Morgan fingerprint density at radius 1 is 1.25 bits per heavy atom. The van der Waals surface area contributed by atoms with Crippen molar-refractivity contribution in [2.45, 2.75) is 12.3 Å². The molecule has 0 aliphatic carbocycles. The van der Waals surface area contributed by atoms with E-state index in [2.05, 4.69) is 15.9 Å². The van der Waals surface area contributed by atoms with E-state index < -0.39 is 17.5 Å². The van der Waals surface area contributed by atoms with Crippen LogP contribution in [-0.4, -0.2) is 0 Å². The van der Waals surface area contributed by atoms with E-state index in [1.165, 1.54) is 6.92 Å². The molecule has 0 aliphatic rings. The highest BCUT2D eigenvalue weighted by Gasteiger charge is 2.13. The fourth-order valence-corrected chi connectivity index (χ4v) is 1.30. The van der Waals surface area contributed by atoms with Crippen molar-refractivity contribution in [2.75, 3.05) is 0 Å². The van der Waals surface area contributed by atoms with Crippen LogP contribution in [-0.2, 0) is 5.33 Å². The third-order valence-electron chi connectivity index (χ3n) is 1.60. The van der Waals surface area contributed by atoms with E-state index in [-0.39, 0.29) is 16.5 Å². The Balaban J connectivity index is 3.39. The van der Waals surface area contributed by atoms with Gasteiger partial charge in [0.1, 0.15) is 5.82 Å². The van der Waals surface area contributed by atoms with Gasteiger partial charge in [0, 0.05) is 16.5 Å². The summed E-state index contributed by atoms with van der Waals surface area (Å²) in [6.45, 7) is 1.21. The molecular weight excluding hydrogens is 233 g/mol. The van der Waals surface area contributed by atoms with Crippen molar-refractivity contribution in [3.8, 4) is 0 Å². The predicted molar refractivity (Wildman–Crippen MR) is 43.7 cm³/mol. The molecule has 0 aromatic heterocycles. The minimum absolute atomic E-state index is 0.131. The van der Waals surface area contributed by atoms with Gasteiger partial charge in [0.15, 0.2) is 11.6 Å². The lowest BCUT2D eigenvalue weighted by Gasteiger charge is -2.04. The molecule has 0 spiro atoms. The average Bonchev–Trinajstić information content (AvgIpc) is 2.08. The summed E-state index contributed by atoms with van der Waals surface area (Å²) in [6, 6.07) is 0.854. The molecule has 0 unspecified atom stereocenters. The van der Waals surface area contributed by atoms with Gasteiger partial charge in [-0.05, 0) is 13.0 Å². The predicted octanol–water partition coefficient (Wildman–Crippen LogP) is 3.31. The Morgan fingerprint density at radius 2 is 1.83 bits per heavy atom.